The molecule has 2 aliphatic rings. The minimum Gasteiger partial charge on any atom is -0.464 e. The molecule has 1 saturated heterocycles. The van der Waals surface area contributed by atoms with Gasteiger partial charge in [-0.1, -0.05) is 54.6 Å². The molecule has 0 radical (unpaired) electrons. The van der Waals surface area contributed by atoms with Gasteiger partial charge in [0, 0.05) is 6.54 Å². The molecule has 0 aliphatic carbocycles. The van der Waals surface area contributed by atoms with Gasteiger partial charge in [0.2, 0.25) is 5.72 Å². The summed E-state index contributed by atoms with van der Waals surface area (Å²) < 4.78 is 6.11. The fraction of sp³-hybridized carbons (Fsp3) is 0.190. The Morgan fingerprint density at radius 2 is 1.72 bits per heavy atom. The molecule has 5 rings (SSSR count). The molecule has 4 heteroatoms. The molecule has 1 fully saturated rings. The van der Waals surface area contributed by atoms with Crippen molar-refractivity contribution in [3.8, 4) is 5.75 Å². The number of fused-ring (bicyclic) bond motifs is 2. The van der Waals surface area contributed by atoms with Crippen molar-refractivity contribution in [1.82, 2.24) is 10.2 Å². The number of para-hydroxylation sites is 1. The second-order valence-electron chi connectivity index (χ2n) is 6.83. The van der Waals surface area contributed by atoms with Gasteiger partial charge in [-0.3, -0.25) is 9.69 Å². The second-order valence-corrected chi connectivity index (χ2v) is 6.83. The first-order valence-electron chi connectivity index (χ1n) is 8.52. The van der Waals surface area contributed by atoms with E-state index >= 15 is 0 Å². The smallest absolute Gasteiger partial charge is 0.258 e. The molecule has 3 aromatic rings. The summed E-state index contributed by atoms with van der Waals surface area (Å²) in [5.41, 5.74) is 1.33. The van der Waals surface area contributed by atoms with Gasteiger partial charge in [-0.15, -0.1) is 0 Å². The lowest BCUT2D eigenvalue weighted by atomic mass is 9.97. The first-order chi connectivity index (χ1) is 12.2. The van der Waals surface area contributed by atoms with Crippen LogP contribution in [-0.2, 0) is 6.54 Å². The summed E-state index contributed by atoms with van der Waals surface area (Å²) in [6.45, 7) is 2.23. The molecule has 1 N–H and O–H groups in total. The van der Waals surface area contributed by atoms with Crippen molar-refractivity contribution in [3.63, 3.8) is 0 Å². The molecule has 0 aromatic heterocycles. The minimum atomic E-state index is -0.587. The number of hydrogen-bond donors (Lipinski definition) is 1. The monoisotopic (exact) mass is 330 g/mol. The van der Waals surface area contributed by atoms with E-state index in [1.807, 2.05) is 18.2 Å². The Hall–Kier alpha value is -2.85. The Kier molecular flexibility index (Phi) is 3.09. The number of likely N-dealkylation sites (tertiary alicyclic amines) is 1. The first kappa shape index (κ1) is 14.5. The van der Waals surface area contributed by atoms with Gasteiger partial charge in [0.15, 0.2) is 0 Å². The van der Waals surface area contributed by atoms with Crippen molar-refractivity contribution < 1.29 is 9.53 Å². The molecule has 1 amide bonds. The van der Waals surface area contributed by atoms with E-state index in [1.165, 1.54) is 16.3 Å². The number of hydrogen-bond acceptors (Lipinski definition) is 3. The van der Waals surface area contributed by atoms with Gasteiger partial charge in [-0.25, -0.2) is 0 Å². The number of carbonyl (C=O) groups is 1. The third kappa shape index (κ3) is 2.37. The molecule has 25 heavy (non-hydrogen) atoms. The molecule has 0 bridgehead atoms. The lowest BCUT2D eigenvalue weighted by molar-refractivity contribution is -0.102. The zero-order valence-electron chi connectivity index (χ0n) is 13.7. The van der Waals surface area contributed by atoms with E-state index in [0.717, 1.165) is 6.54 Å². The molecule has 2 aliphatic heterocycles. The predicted molar refractivity (Wildman–Crippen MR) is 96.5 cm³/mol. The average molecular weight is 330 g/mol. The molecule has 124 valence electrons. The highest BCUT2D eigenvalue weighted by Gasteiger charge is 2.49. The topological polar surface area (TPSA) is 41.6 Å². The van der Waals surface area contributed by atoms with Crippen LogP contribution in [0.5, 0.6) is 5.75 Å². The van der Waals surface area contributed by atoms with E-state index in [-0.39, 0.29) is 5.91 Å². The van der Waals surface area contributed by atoms with Crippen LogP contribution >= 0.6 is 0 Å². The highest BCUT2D eigenvalue weighted by molar-refractivity contribution is 5.98. The molecule has 2 heterocycles. The Morgan fingerprint density at radius 1 is 0.960 bits per heavy atom. The van der Waals surface area contributed by atoms with Crippen LogP contribution in [0.15, 0.2) is 66.7 Å². The maximum atomic E-state index is 12.3. The minimum absolute atomic E-state index is 0.0494. The van der Waals surface area contributed by atoms with Crippen molar-refractivity contribution in [3.05, 3.63) is 77.9 Å². The van der Waals surface area contributed by atoms with Gasteiger partial charge < -0.3 is 10.1 Å². The van der Waals surface area contributed by atoms with Crippen molar-refractivity contribution >= 4 is 16.7 Å². The molecular formula is C21H18N2O2. The van der Waals surface area contributed by atoms with E-state index in [0.29, 0.717) is 24.4 Å². The molecule has 3 aromatic carbocycles. The second kappa shape index (κ2) is 5.33. The molecule has 0 saturated carbocycles. The lowest BCUT2D eigenvalue weighted by Crippen LogP contribution is -2.74. The third-order valence-electron chi connectivity index (χ3n) is 5.01. The molecule has 0 unspecified atom stereocenters. The van der Waals surface area contributed by atoms with Crippen LogP contribution in [0.1, 0.15) is 15.9 Å². The highest BCUT2D eigenvalue weighted by atomic mass is 16.5. The Balaban J connectivity index is 1.35. The highest BCUT2D eigenvalue weighted by Crippen LogP contribution is 2.34. The van der Waals surface area contributed by atoms with Crippen molar-refractivity contribution in [1.29, 1.82) is 0 Å². The number of nitrogens with zero attached hydrogens (tertiary/aromatic N) is 1. The maximum Gasteiger partial charge on any atom is 0.258 e. The van der Waals surface area contributed by atoms with Crippen LogP contribution in [0, 0.1) is 0 Å². The molecular weight excluding hydrogens is 312 g/mol. The van der Waals surface area contributed by atoms with Crippen LogP contribution in [0.3, 0.4) is 0 Å². The van der Waals surface area contributed by atoms with Crippen LogP contribution in [0.2, 0.25) is 0 Å². The average Bonchev–Trinajstić information content (AvgIpc) is 2.61. The lowest BCUT2D eigenvalue weighted by Gasteiger charge is -2.51. The first-order valence-corrected chi connectivity index (χ1v) is 8.52. The zero-order chi connectivity index (χ0) is 16.9. The van der Waals surface area contributed by atoms with Gasteiger partial charge in [0.05, 0.1) is 18.7 Å². The molecule has 0 atom stereocenters. The summed E-state index contributed by atoms with van der Waals surface area (Å²) in [6.07, 6.45) is 0. The number of carbonyl (C=O) groups excluding carboxylic acids is 1. The van der Waals surface area contributed by atoms with Gasteiger partial charge in [-0.05, 0) is 28.5 Å². The van der Waals surface area contributed by atoms with Crippen LogP contribution in [-0.4, -0.2) is 29.6 Å². The Labute approximate surface area is 146 Å². The van der Waals surface area contributed by atoms with Gasteiger partial charge >= 0.3 is 0 Å². The summed E-state index contributed by atoms with van der Waals surface area (Å²) in [5, 5.41) is 5.57. The predicted octanol–water partition coefficient (Wildman–Crippen LogP) is 3.17. The quantitative estimate of drug-likeness (QED) is 0.785. The fourth-order valence-electron chi connectivity index (χ4n) is 3.86. The number of amides is 1. The summed E-state index contributed by atoms with van der Waals surface area (Å²) in [4.78, 5) is 14.6. The third-order valence-corrected chi connectivity index (χ3v) is 5.01. The number of nitrogens with one attached hydrogen (secondary N) is 1. The number of ether oxygens (including phenoxy) is 1. The summed E-state index contributed by atoms with van der Waals surface area (Å²) in [6, 6.07) is 22.3. The SMILES string of the molecule is O=C1NC2(CN(Cc3cccc4ccccc34)C2)Oc2ccccc21. The van der Waals surface area contributed by atoms with E-state index in [1.54, 1.807) is 6.07 Å². The summed E-state index contributed by atoms with van der Waals surface area (Å²) >= 11 is 0. The zero-order valence-corrected chi connectivity index (χ0v) is 13.7. The Morgan fingerprint density at radius 3 is 2.64 bits per heavy atom. The standard InChI is InChI=1S/C21H18N2O2/c24-20-18-10-3-4-11-19(18)25-21(22-20)13-23(14-21)12-16-8-5-7-15-6-1-2-9-17(15)16/h1-11H,12-14H2,(H,22,24). The maximum absolute atomic E-state index is 12.3. The van der Waals surface area contributed by atoms with E-state index in [2.05, 4.69) is 52.7 Å². The molecule has 1 spiro atoms. The van der Waals surface area contributed by atoms with E-state index in [9.17, 15) is 4.79 Å². The summed E-state index contributed by atoms with van der Waals surface area (Å²) in [7, 11) is 0. The summed E-state index contributed by atoms with van der Waals surface area (Å²) in [5.74, 6) is 0.628. The van der Waals surface area contributed by atoms with Crippen molar-refractivity contribution in [2.75, 3.05) is 13.1 Å². The number of rotatable bonds is 2. The van der Waals surface area contributed by atoms with Crippen molar-refractivity contribution in [2.24, 2.45) is 0 Å². The Bertz CT molecular complexity index is 971. The van der Waals surface area contributed by atoms with Crippen LogP contribution in [0.25, 0.3) is 10.8 Å². The molecule has 4 nitrogen and oxygen atoms in total. The van der Waals surface area contributed by atoms with Crippen molar-refractivity contribution in [2.45, 2.75) is 12.3 Å². The van der Waals surface area contributed by atoms with Crippen LogP contribution < -0.4 is 10.1 Å². The van der Waals surface area contributed by atoms with Gasteiger partial charge in [0.25, 0.3) is 5.91 Å². The van der Waals surface area contributed by atoms with Crippen LogP contribution in [0.4, 0.5) is 0 Å². The largest absolute Gasteiger partial charge is 0.464 e. The fourth-order valence-corrected chi connectivity index (χ4v) is 3.86. The van der Waals surface area contributed by atoms with E-state index in [4.69, 9.17) is 4.74 Å². The van der Waals surface area contributed by atoms with Gasteiger partial charge in [-0.2, -0.15) is 0 Å². The number of benzene rings is 3. The van der Waals surface area contributed by atoms with E-state index < -0.39 is 5.72 Å². The normalized spacial score (nSPS) is 18.3. The van der Waals surface area contributed by atoms with Gasteiger partial charge in [0.1, 0.15) is 5.75 Å².